The SMILES string of the molecule is CCC(N)c1ccc(OC)c(O)c1.Cl. The number of benzene rings is 1. The number of halogens is 1. The number of ether oxygens (including phenoxy) is 1. The van der Waals surface area contributed by atoms with Gasteiger partial charge in [-0.15, -0.1) is 12.4 Å². The lowest BCUT2D eigenvalue weighted by molar-refractivity contribution is 0.372. The second-order valence-corrected chi connectivity index (χ2v) is 2.95. The van der Waals surface area contributed by atoms with Crippen LogP contribution in [0.3, 0.4) is 0 Å². The summed E-state index contributed by atoms with van der Waals surface area (Å²) in [5.41, 5.74) is 6.73. The molecular formula is C10H16ClNO2. The molecule has 80 valence electrons. The monoisotopic (exact) mass is 217 g/mol. The van der Waals surface area contributed by atoms with Gasteiger partial charge in [-0.05, 0) is 24.1 Å². The van der Waals surface area contributed by atoms with Crippen LogP contribution >= 0.6 is 12.4 Å². The molecular weight excluding hydrogens is 202 g/mol. The standard InChI is InChI=1S/C10H15NO2.ClH/c1-3-8(11)7-4-5-10(13-2)9(12)6-7;/h4-6,8,12H,3,11H2,1-2H3;1H. The molecule has 1 unspecified atom stereocenters. The molecule has 0 saturated carbocycles. The van der Waals surface area contributed by atoms with Gasteiger partial charge in [0, 0.05) is 6.04 Å². The highest BCUT2D eigenvalue weighted by atomic mass is 35.5. The van der Waals surface area contributed by atoms with Crippen molar-refractivity contribution in [3.05, 3.63) is 23.8 Å². The van der Waals surface area contributed by atoms with Crippen molar-refractivity contribution in [2.75, 3.05) is 7.11 Å². The lowest BCUT2D eigenvalue weighted by Gasteiger charge is -2.10. The minimum atomic E-state index is -0.0168. The summed E-state index contributed by atoms with van der Waals surface area (Å²) in [5.74, 6) is 0.621. The molecule has 14 heavy (non-hydrogen) atoms. The fourth-order valence-corrected chi connectivity index (χ4v) is 1.17. The van der Waals surface area contributed by atoms with E-state index in [1.807, 2.05) is 13.0 Å². The topological polar surface area (TPSA) is 55.5 Å². The van der Waals surface area contributed by atoms with E-state index in [4.69, 9.17) is 10.5 Å². The molecule has 0 spiro atoms. The molecule has 1 rings (SSSR count). The Morgan fingerprint density at radius 3 is 2.57 bits per heavy atom. The third-order valence-electron chi connectivity index (χ3n) is 2.07. The summed E-state index contributed by atoms with van der Waals surface area (Å²) in [4.78, 5) is 0. The van der Waals surface area contributed by atoms with E-state index in [1.54, 1.807) is 12.1 Å². The minimum absolute atomic E-state index is 0. The maximum Gasteiger partial charge on any atom is 0.160 e. The molecule has 0 aliphatic rings. The number of hydrogen-bond donors (Lipinski definition) is 2. The first-order chi connectivity index (χ1) is 6.19. The Labute approximate surface area is 90.3 Å². The predicted octanol–water partition coefficient (Wildman–Crippen LogP) is 2.23. The highest BCUT2D eigenvalue weighted by molar-refractivity contribution is 5.85. The Morgan fingerprint density at radius 1 is 1.50 bits per heavy atom. The Balaban J connectivity index is 0.00000169. The number of nitrogens with two attached hydrogens (primary N) is 1. The van der Waals surface area contributed by atoms with Gasteiger partial charge in [0.1, 0.15) is 0 Å². The zero-order chi connectivity index (χ0) is 9.84. The minimum Gasteiger partial charge on any atom is -0.504 e. The van der Waals surface area contributed by atoms with Gasteiger partial charge in [-0.25, -0.2) is 0 Å². The fourth-order valence-electron chi connectivity index (χ4n) is 1.17. The first-order valence-electron chi connectivity index (χ1n) is 4.31. The second-order valence-electron chi connectivity index (χ2n) is 2.95. The molecule has 1 aromatic carbocycles. The molecule has 0 heterocycles. The maximum absolute atomic E-state index is 9.46. The van der Waals surface area contributed by atoms with Gasteiger partial charge in [-0.3, -0.25) is 0 Å². The Bertz CT molecular complexity index is 291. The van der Waals surface area contributed by atoms with Gasteiger partial charge < -0.3 is 15.6 Å². The Morgan fingerprint density at radius 2 is 2.14 bits per heavy atom. The van der Waals surface area contributed by atoms with Crippen LogP contribution < -0.4 is 10.5 Å². The number of phenols is 1. The molecule has 4 heteroatoms. The summed E-state index contributed by atoms with van der Waals surface area (Å²) in [7, 11) is 1.52. The second kappa shape index (κ2) is 5.73. The molecule has 0 aliphatic carbocycles. The first kappa shape index (κ1) is 13.1. The smallest absolute Gasteiger partial charge is 0.160 e. The largest absolute Gasteiger partial charge is 0.504 e. The van der Waals surface area contributed by atoms with Crippen molar-refractivity contribution in [1.82, 2.24) is 0 Å². The molecule has 0 amide bonds. The van der Waals surface area contributed by atoms with Crippen molar-refractivity contribution >= 4 is 12.4 Å². The summed E-state index contributed by atoms with van der Waals surface area (Å²) in [6.07, 6.45) is 0.853. The van der Waals surface area contributed by atoms with Crippen molar-refractivity contribution in [3.63, 3.8) is 0 Å². The van der Waals surface area contributed by atoms with Crippen molar-refractivity contribution < 1.29 is 9.84 Å². The lowest BCUT2D eigenvalue weighted by atomic mass is 10.1. The van der Waals surface area contributed by atoms with Gasteiger partial charge in [-0.1, -0.05) is 13.0 Å². The summed E-state index contributed by atoms with van der Waals surface area (Å²) in [6, 6.07) is 5.22. The average Bonchev–Trinajstić information content (AvgIpc) is 2.16. The molecule has 3 N–H and O–H groups in total. The third kappa shape index (κ3) is 2.79. The van der Waals surface area contributed by atoms with Crippen LogP contribution in [0.1, 0.15) is 24.9 Å². The van der Waals surface area contributed by atoms with Crippen molar-refractivity contribution in [3.8, 4) is 11.5 Å². The van der Waals surface area contributed by atoms with Crippen molar-refractivity contribution in [2.45, 2.75) is 19.4 Å². The molecule has 0 saturated heterocycles. The van der Waals surface area contributed by atoms with Crippen LogP contribution in [0.2, 0.25) is 0 Å². The van der Waals surface area contributed by atoms with E-state index in [2.05, 4.69) is 0 Å². The highest BCUT2D eigenvalue weighted by Crippen LogP contribution is 2.28. The molecule has 0 bridgehead atoms. The van der Waals surface area contributed by atoms with Crippen LogP contribution in [0.15, 0.2) is 18.2 Å². The summed E-state index contributed by atoms with van der Waals surface area (Å²) in [6.45, 7) is 2.01. The average molecular weight is 218 g/mol. The van der Waals surface area contributed by atoms with Gasteiger partial charge in [-0.2, -0.15) is 0 Å². The molecule has 0 aliphatic heterocycles. The van der Waals surface area contributed by atoms with Crippen LogP contribution in [0.4, 0.5) is 0 Å². The van der Waals surface area contributed by atoms with Crippen LogP contribution in [0, 0.1) is 0 Å². The number of hydrogen-bond acceptors (Lipinski definition) is 3. The van der Waals surface area contributed by atoms with Crippen molar-refractivity contribution in [1.29, 1.82) is 0 Å². The van der Waals surface area contributed by atoms with Gasteiger partial charge in [0.25, 0.3) is 0 Å². The molecule has 0 fully saturated rings. The molecule has 0 radical (unpaired) electrons. The molecule has 0 aromatic heterocycles. The van der Waals surface area contributed by atoms with E-state index in [0.717, 1.165) is 12.0 Å². The van der Waals surface area contributed by atoms with E-state index in [1.165, 1.54) is 7.11 Å². The number of phenolic OH excluding ortho intramolecular Hbond substituents is 1. The zero-order valence-electron chi connectivity index (χ0n) is 8.36. The molecule has 1 aromatic rings. The van der Waals surface area contributed by atoms with Crippen LogP contribution in [-0.4, -0.2) is 12.2 Å². The predicted molar refractivity (Wildman–Crippen MR) is 59.1 cm³/mol. The number of rotatable bonds is 3. The fraction of sp³-hybridized carbons (Fsp3) is 0.400. The van der Waals surface area contributed by atoms with E-state index >= 15 is 0 Å². The van der Waals surface area contributed by atoms with E-state index in [0.29, 0.717) is 5.75 Å². The van der Waals surface area contributed by atoms with E-state index in [-0.39, 0.29) is 24.2 Å². The third-order valence-corrected chi connectivity index (χ3v) is 2.07. The van der Waals surface area contributed by atoms with Gasteiger partial charge in [0.15, 0.2) is 11.5 Å². The van der Waals surface area contributed by atoms with Crippen LogP contribution in [-0.2, 0) is 0 Å². The lowest BCUT2D eigenvalue weighted by Crippen LogP contribution is -2.08. The summed E-state index contributed by atoms with van der Waals surface area (Å²) < 4.78 is 4.92. The van der Waals surface area contributed by atoms with Gasteiger partial charge >= 0.3 is 0 Å². The van der Waals surface area contributed by atoms with Gasteiger partial charge in [0.2, 0.25) is 0 Å². The Hall–Kier alpha value is -0.930. The van der Waals surface area contributed by atoms with Crippen molar-refractivity contribution in [2.24, 2.45) is 5.73 Å². The number of methoxy groups -OCH3 is 1. The quantitative estimate of drug-likeness (QED) is 0.817. The van der Waals surface area contributed by atoms with Crippen LogP contribution in [0.25, 0.3) is 0 Å². The summed E-state index contributed by atoms with van der Waals surface area (Å²) in [5, 5.41) is 9.46. The van der Waals surface area contributed by atoms with Gasteiger partial charge in [0.05, 0.1) is 7.11 Å². The molecule has 3 nitrogen and oxygen atoms in total. The molecule has 1 atom stereocenters. The summed E-state index contributed by atoms with van der Waals surface area (Å²) >= 11 is 0. The Kier molecular flexibility index (Phi) is 5.35. The van der Waals surface area contributed by atoms with E-state index in [9.17, 15) is 5.11 Å². The highest BCUT2D eigenvalue weighted by Gasteiger charge is 2.06. The normalized spacial score (nSPS) is 11.6. The zero-order valence-corrected chi connectivity index (χ0v) is 9.17. The number of aromatic hydroxyl groups is 1. The first-order valence-corrected chi connectivity index (χ1v) is 4.31. The maximum atomic E-state index is 9.46. The van der Waals surface area contributed by atoms with E-state index < -0.39 is 0 Å². The van der Waals surface area contributed by atoms with Crippen LogP contribution in [0.5, 0.6) is 11.5 Å².